The second-order valence-corrected chi connectivity index (χ2v) is 8.35. The van der Waals surface area contributed by atoms with Gasteiger partial charge in [-0.05, 0) is 56.3 Å². The molecule has 0 atom stereocenters. The number of halogens is 2. The molecule has 136 valence electrons. The molecule has 0 spiro atoms. The van der Waals surface area contributed by atoms with Gasteiger partial charge in [0.15, 0.2) is 0 Å². The highest BCUT2D eigenvalue weighted by Gasteiger charge is 2.33. The first-order valence-electron chi connectivity index (χ1n) is 10.5. The summed E-state index contributed by atoms with van der Waals surface area (Å²) in [6, 6.07) is 0. The van der Waals surface area contributed by atoms with Crippen molar-refractivity contribution in [3.63, 3.8) is 0 Å². The summed E-state index contributed by atoms with van der Waals surface area (Å²) in [5.41, 5.74) is 0. The monoisotopic (exact) mass is 328 g/mol. The molecule has 0 aromatic heterocycles. The molecular weight excluding hydrogens is 290 g/mol. The molecule has 0 heterocycles. The molecule has 2 fully saturated rings. The van der Waals surface area contributed by atoms with Crippen molar-refractivity contribution in [1.29, 1.82) is 0 Å². The largest absolute Gasteiger partial charge is 0.241 e. The van der Waals surface area contributed by atoms with E-state index in [0.29, 0.717) is 0 Å². The van der Waals surface area contributed by atoms with Gasteiger partial charge in [0.2, 0.25) is 6.43 Å². The van der Waals surface area contributed by atoms with Crippen molar-refractivity contribution in [2.45, 2.75) is 110 Å². The first-order chi connectivity index (χ1) is 11.2. The van der Waals surface area contributed by atoms with Gasteiger partial charge >= 0.3 is 0 Å². The minimum atomic E-state index is -2.08. The van der Waals surface area contributed by atoms with Gasteiger partial charge in [-0.1, -0.05) is 64.7 Å². The van der Waals surface area contributed by atoms with Crippen molar-refractivity contribution in [2.75, 3.05) is 0 Å². The zero-order valence-electron chi connectivity index (χ0n) is 15.2. The van der Waals surface area contributed by atoms with Crippen LogP contribution in [0.25, 0.3) is 0 Å². The smallest absolute Gasteiger partial charge is 0.210 e. The molecule has 0 bridgehead atoms. The standard InChI is InChI=1S/C21H38F2/c1-2-3-4-5-6-7-8-17-9-11-18(12-10-17)19-13-15-20(16-14-19)21(22)23/h17-21H,2-16H2,1H3/t17-,18-,19-,20-. The Morgan fingerprint density at radius 1 is 0.696 bits per heavy atom. The van der Waals surface area contributed by atoms with E-state index < -0.39 is 6.43 Å². The van der Waals surface area contributed by atoms with E-state index in [2.05, 4.69) is 6.92 Å². The summed E-state index contributed by atoms with van der Waals surface area (Å²) in [6.07, 6.45) is 17.1. The van der Waals surface area contributed by atoms with Gasteiger partial charge < -0.3 is 0 Å². The zero-order valence-corrected chi connectivity index (χ0v) is 15.2. The first-order valence-corrected chi connectivity index (χ1v) is 10.5. The molecule has 0 aromatic carbocycles. The van der Waals surface area contributed by atoms with Gasteiger partial charge in [-0.25, -0.2) is 8.78 Å². The predicted octanol–water partition coefficient (Wildman–Crippen LogP) is 7.61. The highest BCUT2D eigenvalue weighted by atomic mass is 19.3. The summed E-state index contributed by atoms with van der Waals surface area (Å²) in [5.74, 6) is 2.29. The van der Waals surface area contributed by atoms with E-state index in [1.807, 2.05) is 0 Å². The number of unbranched alkanes of at least 4 members (excludes halogenated alkanes) is 5. The quantitative estimate of drug-likeness (QED) is 0.382. The normalized spacial score (nSPS) is 32.3. The summed E-state index contributed by atoms with van der Waals surface area (Å²) in [6.45, 7) is 2.28. The molecule has 0 aromatic rings. The molecule has 0 nitrogen and oxygen atoms in total. The van der Waals surface area contributed by atoms with E-state index in [-0.39, 0.29) is 5.92 Å². The van der Waals surface area contributed by atoms with E-state index in [1.165, 1.54) is 70.6 Å². The van der Waals surface area contributed by atoms with Crippen molar-refractivity contribution in [1.82, 2.24) is 0 Å². The summed E-state index contributed by atoms with van der Waals surface area (Å²) in [4.78, 5) is 0. The van der Waals surface area contributed by atoms with Gasteiger partial charge in [-0.15, -0.1) is 0 Å². The maximum absolute atomic E-state index is 12.8. The lowest BCUT2D eigenvalue weighted by Crippen LogP contribution is -2.27. The second kappa shape index (κ2) is 10.7. The topological polar surface area (TPSA) is 0 Å². The Hall–Kier alpha value is -0.140. The SMILES string of the molecule is CCCCCCCC[C@H]1CC[C@H]([C@H]2CC[C@H](C(F)F)CC2)CC1. The molecular formula is C21H38F2. The molecule has 0 aliphatic heterocycles. The van der Waals surface area contributed by atoms with Crippen LogP contribution >= 0.6 is 0 Å². The van der Waals surface area contributed by atoms with E-state index in [1.54, 1.807) is 0 Å². The Morgan fingerprint density at radius 3 is 1.78 bits per heavy atom. The molecule has 0 N–H and O–H groups in total. The van der Waals surface area contributed by atoms with Crippen LogP contribution in [0.15, 0.2) is 0 Å². The Bertz CT molecular complexity index is 286. The zero-order chi connectivity index (χ0) is 16.5. The van der Waals surface area contributed by atoms with Crippen molar-refractivity contribution < 1.29 is 8.78 Å². The van der Waals surface area contributed by atoms with Gasteiger partial charge in [-0.3, -0.25) is 0 Å². The molecule has 2 heteroatoms. The lowest BCUT2D eigenvalue weighted by molar-refractivity contribution is 0.0339. The average molecular weight is 329 g/mol. The number of alkyl halides is 2. The third-order valence-electron chi connectivity index (χ3n) is 6.70. The molecule has 2 aliphatic carbocycles. The first kappa shape index (κ1) is 19.2. The highest BCUT2D eigenvalue weighted by Crippen LogP contribution is 2.43. The Morgan fingerprint density at radius 2 is 1.22 bits per heavy atom. The maximum Gasteiger partial charge on any atom is 0.241 e. The molecule has 2 rings (SSSR count). The summed E-state index contributed by atoms with van der Waals surface area (Å²) >= 11 is 0. The molecule has 23 heavy (non-hydrogen) atoms. The Labute approximate surface area is 142 Å². The lowest BCUT2D eigenvalue weighted by Gasteiger charge is -2.37. The average Bonchev–Trinajstić information content (AvgIpc) is 2.58. The minimum absolute atomic E-state index is 0.296. The van der Waals surface area contributed by atoms with Gasteiger partial charge in [0.05, 0.1) is 0 Å². The molecule has 0 radical (unpaired) electrons. The molecule has 2 aliphatic rings. The summed E-state index contributed by atoms with van der Waals surface area (Å²) in [7, 11) is 0. The fourth-order valence-electron chi connectivity index (χ4n) is 5.03. The van der Waals surface area contributed by atoms with E-state index in [0.717, 1.165) is 43.4 Å². The van der Waals surface area contributed by atoms with Crippen molar-refractivity contribution in [3.05, 3.63) is 0 Å². The lowest BCUT2D eigenvalue weighted by atomic mass is 9.68. The number of hydrogen-bond acceptors (Lipinski definition) is 0. The second-order valence-electron chi connectivity index (χ2n) is 8.35. The van der Waals surface area contributed by atoms with Crippen LogP contribution < -0.4 is 0 Å². The van der Waals surface area contributed by atoms with E-state index in [9.17, 15) is 8.78 Å². The van der Waals surface area contributed by atoms with E-state index in [4.69, 9.17) is 0 Å². The van der Waals surface area contributed by atoms with Gasteiger partial charge in [-0.2, -0.15) is 0 Å². The van der Waals surface area contributed by atoms with Crippen LogP contribution in [-0.4, -0.2) is 6.43 Å². The molecule has 0 unspecified atom stereocenters. The molecule has 2 saturated carbocycles. The van der Waals surface area contributed by atoms with Crippen molar-refractivity contribution in [2.24, 2.45) is 23.7 Å². The van der Waals surface area contributed by atoms with Crippen LogP contribution in [0.2, 0.25) is 0 Å². The van der Waals surface area contributed by atoms with Crippen molar-refractivity contribution in [3.8, 4) is 0 Å². The van der Waals surface area contributed by atoms with Crippen LogP contribution in [0.5, 0.6) is 0 Å². The van der Waals surface area contributed by atoms with Gasteiger partial charge in [0.25, 0.3) is 0 Å². The third kappa shape index (κ3) is 6.70. The summed E-state index contributed by atoms with van der Waals surface area (Å²) in [5, 5.41) is 0. The number of hydrogen-bond donors (Lipinski definition) is 0. The Balaban J connectivity index is 1.54. The summed E-state index contributed by atoms with van der Waals surface area (Å²) < 4.78 is 25.5. The van der Waals surface area contributed by atoms with Crippen LogP contribution in [0, 0.1) is 23.7 Å². The molecule has 0 amide bonds. The highest BCUT2D eigenvalue weighted by molar-refractivity contribution is 4.82. The maximum atomic E-state index is 12.8. The van der Waals surface area contributed by atoms with E-state index >= 15 is 0 Å². The predicted molar refractivity (Wildman–Crippen MR) is 94.9 cm³/mol. The molecule has 0 saturated heterocycles. The van der Waals surface area contributed by atoms with Crippen molar-refractivity contribution >= 4 is 0 Å². The van der Waals surface area contributed by atoms with Gasteiger partial charge in [0, 0.05) is 5.92 Å². The van der Waals surface area contributed by atoms with Gasteiger partial charge in [0.1, 0.15) is 0 Å². The Kier molecular flexibility index (Phi) is 8.90. The van der Waals surface area contributed by atoms with Crippen LogP contribution in [-0.2, 0) is 0 Å². The number of rotatable bonds is 9. The minimum Gasteiger partial charge on any atom is -0.210 e. The fraction of sp³-hybridized carbons (Fsp3) is 1.00. The van der Waals surface area contributed by atoms with Crippen LogP contribution in [0.1, 0.15) is 103 Å². The van der Waals surface area contributed by atoms with Crippen LogP contribution in [0.3, 0.4) is 0 Å². The third-order valence-corrected chi connectivity index (χ3v) is 6.70. The van der Waals surface area contributed by atoms with Crippen LogP contribution in [0.4, 0.5) is 8.78 Å². The fourth-order valence-corrected chi connectivity index (χ4v) is 5.03.